The molecule has 6 heteroatoms. The van der Waals surface area contributed by atoms with Gasteiger partial charge in [-0.05, 0) is 42.9 Å². The van der Waals surface area contributed by atoms with E-state index in [0.29, 0.717) is 11.6 Å². The van der Waals surface area contributed by atoms with Crippen LogP contribution in [0.1, 0.15) is 30.7 Å². The molecule has 2 aliphatic rings. The van der Waals surface area contributed by atoms with Gasteiger partial charge in [0.2, 0.25) is 0 Å². The Kier molecular flexibility index (Phi) is 4.25. The highest BCUT2D eigenvalue weighted by Crippen LogP contribution is 2.48. The summed E-state index contributed by atoms with van der Waals surface area (Å²) in [4.78, 5) is 25.0. The molecule has 5 nitrogen and oxygen atoms in total. The van der Waals surface area contributed by atoms with E-state index in [9.17, 15) is 9.59 Å². The normalized spacial score (nSPS) is 26.8. The third-order valence-corrected chi connectivity index (χ3v) is 4.72. The molecule has 2 N–H and O–H groups in total. The van der Waals surface area contributed by atoms with Crippen molar-refractivity contribution in [2.75, 3.05) is 13.2 Å². The fourth-order valence-corrected chi connectivity index (χ4v) is 3.24. The van der Waals surface area contributed by atoms with E-state index >= 15 is 0 Å². The molecule has 0 radical (unpaired) electrons. The summed E-state index contributed by atoms with van der Waals surface area (Å²) in [6.45, 7) is 0.889. The number of nitrogens with zero attached hydrogens (tertiary/aromatic N) is 1. The molecule has 1 saturated carbocycles. The average Bonchev–Trinajstić information content (AvgIpc) is 3.15. The van der Waals surface area contributed by atoms with Crippen LogP contribution in [0.3, 0.4) is 0 Å². The van der Waals surface area contributed by atoms with Crippen molar-refractivity contribution in [1.82, 2.24) is 4.90 Å². The van der Waals surface area contributed by atoms with Gasteiger partial charge in [0.15, 0.2) is 0 Å². The average molecular weight is 323 g/mol. The molecule has 3 atom stereocenters. The van der Waals surface area contributed by atoms with Gasteiger partial charge in [0.25, 0.3) is 0 Å². The Morgan fingerprint density at radius 1 is 1.32 bits per heavy atom. The summed E-state index contributed by atoms with van der Waals surface area (Å²) in [5.41, 5.74) is 6.43. The van der Waals surface area contributed by atoms with E-state index in [1.807, 2.05) is 24.3 Å². The van der Waals surface area contributed by atoms with Crippen molar-refractivity contribution >= 4 is 23.6 Å². The van der Waals surface area contributed by atoms with Gasteiger partial charge in [-0.1, -0.05) is 23.7 Å². The maximum absolute atomic E-state index is 12.1. The smallest absolute Gasteiger partial charge is 0.315 e. The zero-order valence-electron chi connectivity index (χ0n) is 12.2. The van der Waals surface area contributed by atoms with Gasteiger partial charge in [0.05, 0.1) is 12.0 Å². The van der Waals surface area contributed by atoms with E-state index in [2.05, 4.69) is 0 Å². The number of amides is 2. The lowest BCUT2D eigenvalue weighted by Crippen LogP contribution is -2.42. The third-order valence-electron chi connectivity index (χ3n) is 4.47. The number of carbonyl (C=O) groups excluding carboxylic acids is 2. The van der Waals surface area contributed by atoms with Gasteiger partial charge in [-0.25, -0.2) is 4.79 Å². The van der Waals surface area contributed by atoms with Crippen molar-refractivity contribution in [3.8, 4) is 0 Å². The maximum atomic E-state index is 12.1. The Labute approximate surface area is 134 Å². The largest absolute Gasteiger partial charge is 0.463 e. The SMILES string of the molecule is NC(=O)N1CCC[C@@H]1COC(=O)[C@H]1C[C@H]1c1ccc(Cl)cc1. The van der Waals surface area contributed by atoms with E-state index in [0.717, 1.165) is 24.8 Å². The fourth-order valence-electron chi connectivity index (χ4n) is 3.12. The number of urea groups is 1. The lowest BCUT2D eigenvalue weighted by atomic mass is 10.1. The highest BCUT2D eigenvalue weighted by Gasteiger charge is 2.45. The Hall–Kier alpha value is -1.75. The van der Waals surface area contributed by atoms with Gasteiger partial charge < -0.3 is 15.4 Å². The third kappa shape index (κ3) is 3.19. The van der Waals surface area contributed by atoms with Crippen molar-refractivity contribution in [3.63, 3.8) is 0 Å². The molecule has 1 aliphatic carbocycles. The topological polar surface area (TPSA) is 72.6 Å². The maximum Gasteiger partial charge on any atom is 0.315 e. The van der Waals surface area contributed by atoms with Gasteiger partial charge in [-0.2, -0.15) is 0 Å². The summed E-state index contributed by atoms with van der Waals surface area (Å²) >= 11 is 5.86. The second-order valence-electron chi connectivity index (χ2n) is 5.96. The Balaban J connectivity index is 1.49. The first kappa shape index (κ1) is 15.2. The second kappa shape index (κ2) is 6.16. The number of benzene rings is 1. The number of rotatable bonds is 4. The molecule has 1 aromatic rings. The first-order chi connectivity index (χ1) is 10.6. The van der Waals surface area contributed by atoms with Crippen LogP contribution in [0.15, 0.2) is 24.3 Å². The van der Waals surface area contributed by atoms with E-state index in [4.69, 9.17) is 22.1 Å². The van der Waals surface area contributed by atoms with E-state index in [1.165, 1.54) is 0 Å². The molecule has 1 heterocycles. The molecule has 0 bridgehead atoms. The molecular formula is C16H19ClN2O3. The van der Waals surface area contributed by atoms with Crippen LogP contribution in [-0.2, 0) is 9.53 Å². The molecule has 1 saturated heterocycles. The van der Waals surface area contributed by atoms with Crippen LogP contribution in [-0.4, -0.2) is 36.1 Å². The van der Waals surface area contributed by atoms with Gasteiger partial charge in [-0.3, -0.25) is 4.79 Å². The van der Waals surface area contributed by atoms with Crippen molar-refractivity contribution in [2.24, 2.45) is 11.7 Å². The van der Waals surface area contributed by atoms with Gasteiger partial charge in [-0.15, -0.1) is 0 Å². The van der Waals surface area contributed by atoms with Crippen molar-refractivity contribution in [2.45, 2.75) is 31.2 Å². The van der Waals surface area contributed by atoms with Crippen molar-refractivity contribution in [1.29, 1.82) is 0 Å². The number of esters is 1. The monoisotopic (exact) mass is 322 g/mol. The molecule has 1 aromatic carbocycles. The van der Waals surface area contributed by atoms with Crippen LogP contribution in [0.2, 0.25) is 5.02 Å². The van der Waals surface area contributed by atoms with Gasteiger partial charge >= 0.3 is 12.0 Å². The summed E-state index contributed by atoms with van der Waals surface area (Å²) in [5.74, 6) is -0.0403. The summed E-state index contributed by atoms with van der Waals surface area (Å²) in [7, 11) is 0. The summed E-state index contributed by atoms with van der Waals surface area (Å²) in [6, 6.07) is 7.05. The number of primary amides is 1. The standard InChI is InChI=1S/C16H19ClN2O3/c17-11-5-3-10(4-6-11)13-8-14(13)15(20)22-9-12-2-1-7-19(12)16(18)21/h3-6,12-14H,1-2,7-9H2,(H2,18,21)/t12-,13+,14+/m1/s1. The number of likely N-dealkylation sites (tertiary alicyclic amines) is 1. The van der Waals surface area contributed by atoms with E-state index in [1.54, 1.807) is 4.90 Å². The zero-order chi connectivity index (χ0) is 15.7. The summed E-state index contributed by atoms with van der Waals surface area (Å²) in [5, 5.41) is 0.691. The highest BCUT2D eigenvalue weighted by molar-refractivity contribution is 6.30. The van der Waals surface area contributed by atoms with Crippen molar-refractivity contribution < 1.29 is 14.3 Å². The van der Waals surface area contributed by atoms with Gasteiger partial charge in [0, 0.05) is 11.6 Å². The predicted octanol–water partition coefficient (Wildman–Crippen LogP) is 2.53. The zero-order valence-corrected chi connectivity index (χ0v) is 13.0. The fraction of sp³-hybridized carbons (Fsp3) is 0.500. The van der Waals surface area contributed by atoms with Crippen LogP contribution >= 0.6 is 11.6 Å². The minimum absolute atomic E-state index is 0.0748. The van der Waals surface area contributed by atoms with E-state index in [-0.39, 0.29) is 30.5 Å². The molecule has 3 rings (SSSR count). The molecule has 0 aromatic heterocycles. The van der Waals surface area contributed by atoms with Crippen LogP contribution < -0.4 is 5.73 Å². The summed E-state index contributed by atoms with van der Waals surface area (Å²) in [6.07, 6.45) is 2.55. The molecule has 1 aliphatic heterocycles. The van der Waals surface area contributed by atoms with Crippen LogP contribution in [0, 0.1) is 5.92 Å². The second-order valence-corrected chi connectivity index (χ2v) is 6.39. The number of ether oxygens (including phenoxy) is 1. The van der Waals surface area contributed by atoms with E-state index < -0.39 is 6.03 Å². The van der Waals surface area contributed by atoms with Crippen LogP contribution in [0.5, 0.6) is 0 Å². The van der Waals surface area contributed by atoms with Gasteiger partial charge in [0.1, 0.15) is 6.61 Å². The summed E-state index contributed by atoms with van der Waals surface area (Å²) < 4.78 is 5.39. The molecule has 2 amide bonds. The molecule has 2 fully saturated rings. The Bertz CT molecular complexity index is 575. The Morgan fingerprint density at radius 3 is 2.73 bits per heavy atom. The number of carbonyl (C=O) groups is 2. The minimum Gasteiger partial charge on any atom is -0.463 e. The predicted molar refractivity (Wildman–Crippen MR) is 82.6 cm³/mol. The lowest BCUT2D eigenvalue weighted by Gasteiger charge is -2.22. The minimum atomic E-state index is -0.441. The Morgan fingerprint density at radius 2 is 2.05 bits per heavy atom. The number of nitrogens with two attached hydrogens (primary N) is 1. The molecular weight excluding hydrogens is 304 g/mol. The lowest BCUT2D eigenvalue weighted by molar-refractivity contribution is -0.146. The quantitative estimate of drug-likeness (QED) is 0.866. The molecule has 0 unspecified atom stereocenters. The first-order valence-corrected chi connectivity index (χ1v) is 7.92. The molecule has 118 valence electrons. The molecule has 22 heavy (non-hydrogen) atoms. The number of halogens is 1. The van der Waals surface area contributed by atoms with Crippen LogP contribution in [0.4, 0.5) is 4.79 Å². The number of hydrogen-bond acceptors (Lipinski definition) is 3. The molecule has 0 spiro atoms. The first-order valence-electron chi connectivity index (χ1n) is 7.54. The van der Waals surface area contributed by atoms with Crippen molar-refractivity contribution in [3.05, 3.63) is 34.9 Å². The van der Waals surface area contributed by atoms with Crippen LogP contribution in [0.25, 0.3) is 0 Å². The number of hydrogen-bond donors (Lipinski definition) is 1. The highest BCUT2D eigenvalue weighted by atomic mass is 35.5.